The van der Waals surface area contributed by atoms with Gasteiger partial charge in [-0.1, -0.05) is 60.1 Å². The number of nitrogens with two attached hydrogens (primary N) is 2. The van der Waals surface area contributed by atoms with E-state index in [0.717, 1.165) is 89.1 Å². The lowest BCUT2D eigenvalue weighted by molar-refractivity contribution is 0.00578. The second-order valence-electron chi connectivity index (χ2n) is 30.7. The first-order valence-electron chi connectivity index (χ1n) is 35.7. The summed E-state index contributed by atoms with van der Waals surface area (Å²) in [7, 11) is -6.25. The number of hydrogen-bond acceptors (Lipinski definition) is 20. The van der Waals surface area contributed by atoms with Crippen LogP contribution in [0.15, 0.2) is 158 Å². The number of halogens is 1. The van der Waals surface area contributed by atoms with Crippen molar-refractivity contribution < 1.29 is 45.2 Å². The quantitative estimate of drug-likeness (QED) is 0.0652. The predicted octanol–water partition coefficient (Wildman–Crippen LogP) is 12.7. The molecular weight excluding hydrogens is 1400 g/mol. The highest BCUT2D eigenvalue weighted by Crippen LogP contribution is 2.45. The Kier molecular flexibility index (Phi) is 20.3. The summed E-state index contributed by atoms with van der Waals surface area (Å²) in [5.41, 5.74) is 22.1. The zero-order chi connectivity index (χ0) is 75.4. The Labute approximate surface area is 624 Å². The summed E-state index contributed by atoms with van der Waals surface area (Å²) in [4.78, 5) is 57.4. The number of hydrogen-bond donors (Lipinski definition) is 4. The molecule has 5 aliphatic rings. The number of nitrogens with one attached hydrogen (secondary N) is 2. The Morgan fingerprint density at radius 1 is 0.519 bits per heavy atom. The van der Waals surface area contributed by atoms with E-state index >= 15 is 0 Å². The molecule has 28 heteroatoms. The van der Waals surface area contributed by atoms with Gasteiger partial charge < -0.3 is 50.7 Å². The molecule has 0 radical (unpaired) electrons. The van der Waals surface area contributed by atoms with Gasteiger partial charge in [0, 0.05) is 66.9 Å². The lowest BCUT2D eigenvalue weighted by atomic mass is 9.72. The fourth-order valence-electron chi connectivity index (χ4n) is 13.7. The number of carbonyl (C=O) groups excluding carboxylic acids is 2. The molecule has 2 saturated carbocycles. The number of rotatable bonds is 12. The smallest absolute Gasteiger partial charge is 0.444 e. The standard InChI is InChI=1S/C36H39N7O4S.C26H27ClN6O2.C16H24BNO4S/c1-35(2,3)47-34(44)41-36(16-6-17-36)25-10-12-26(13-11-25)43-32(28-9-5-18-38-31(28)37)40-30-15-14-29(39-33(30)43)24-7-4-8-27(23-24)42-19-21-48(45,46)22-20-42;1-25(2,3)35-24(34)32-26(13-5-14-26)16-7-9-17(10-8-16)33-22(18-6-4-15-29-21(18)28)30-19-11-12-20(27)31-23(19)33;1-15(2)16(3,4)22-17(21-15)13-6-5-7-14(12-13)18-8-10-23(19,20)11-9-18/h4-5,7-15,18,23H,6,16-17,19-22H2,1-3H3,(H2,37,38)(H,41,44);4,6-12,15H,5,13-14H2,1-3H3,(H2,28,29)(H,32,34);5-7,12H,8-11H2,1-4H3. The number of amides is 2. The van der Waals surface area contributed by atoms with Gasteiger partial charge in [-0.3, -0.25) is 9.13 Å². The van der Waals surface area contributed by atoms with Crippen molar-refractivity contribution in [1.29, 1.82) is 0 Å². The molecule has 6 aromatic heterocycles. The summed E-state index contributed by atoms with van der Waals surface area (Å²) in [5.74, 6) is 2.70. The zero-order valence-electron chi connectivity index (χ0n) is 61.4. The minimum atomic E-state index is -2.99. The van der Waals surface area contributed by atoms with Crippen LogP contribution in [0.1, 0.15) is 119 Å². The van der Waals surface area contributed by atoms with Crippen molar-refractivity contribution in [2.24, 2.45) is 0 Å². The average Bonchev–Trinajstić information content (AvgIpc) is 1.37. The maximum Gasteiger partial charge on any atom is 0.494 e. The van der Waals surface area contributed by atoms with Crippen LogP contribution < -0.4 is 37.4 Å². The van der Waals surface area contributed by atoms with Crippen molar-refractivity contribution in [3.8, 4) is 45.4 Å². The fourth-order valence-corrected chi connectivity index (χ4v) is 16.2. The molecule has 15 rings (SSSR count). The van der Waals surface area contributed by atoms with Crippen LogP contribution in [0, 0.1) is 0 Å². The van der Waals surface area contributed by atoms with Crippen molar-refractivity contribution >= 4 is 101 Å². The molecule has 0 atom stereocenters. The number of imidazole rings is 2. The average molecular weight is 1490 g/mol. The largest absolute Gasteiger partial charge is 0.494 e. The number of benzene rings is 4. The number of anilines is 4. The first-order valence-corrected chi connectivity index (χ1v) is 39.7. The van der Waals surface area contributed by atoms with E-state index < -0.39 is 61.3 Å². The van der Waals surface area contributed by atoms with Crippen LogP contribution in [0.3, 0.4) is 0 Å². The van der Waals surface area contributed by atoms with Crippen molar-refractivity contribution in [3.05, 3.63) is 174 Å². The molecule has 554 valence electrons. The number of fused-ring (bicyclic) bond motifs is 2. The van der Waals surface area contributed by atoms with Crippen LogP contribution in [0.25, 0.3) is 67.7 Å². The lowest BCUT2D eigenvalue weighted by Crippen LogP contribution is -2.52. The maximum atomic E-state index is 12.8. The van der Waals surface area contributed by atoms with Crippen molar-refractivity contribution in [2.75, 3.05) is 70.5 Å². The highest BCUT2D eigenvalue weighted by atomic mass is 35.5. The summed E-state index contributed by atoms with van der Waals surface area (Å²) in [6.45, 7) is 21.3. The number of ether oxygens (including phenoxy) is 2. The Hall–Kier alpha value is -9.67. The number of alkyl carbamates (subject to hydrolysis) is 2. The van der Waals surface area contributed by atoms with Gasteiger partial charge >= 0.3 is 19.3 Å². The summed E-state index contributed by atoms with van der Waals surface area (Å²) in [6.07, 6.45) is 7.88. The maximum absolute atomic E-state index is 12.8. The molecule has 0 spiro atoms. The van der Waals surface area contributed by atoms with Crippen LogP contribution in [-0.2, 0) is 49.5 Å². The molecule has 4 aromatic carbocycles. The summed E-state index contributed by atoms with van der Waals surface area (Å²) >= 11 is 6.23. The molecule has 3 saturated heterocycles. The lowest BCUT2D eigenvalue weighted by Gasteiger charge is -2.43. The van der Waals surface area contributed by atoms with Crippen molar-refractivity contribution in [2.45, 2.75) is 141 Å². The predicted molar refractivity (Wildman–Crippen MR) is 417 cm³/mol. The highest BCUT2D eigenvalue weighted by Gasteiger charge is 2.52. The van der Waals surface area contributed by atoms with E-state index in [-0.39, 0.29) is 34.2 Å². The van der Waals surface area contributed by atoms with Crippen LogP contribution in [0.2, 0.25) is 5.15 Å². The molecule has 9 heterocycles. The first-order chi connectivity index (χ1) is 50.1. The number of sulfone groups is 2. The SMILES string of the molecule is CC(C)(C)OC(=O)NC1(c2ccc(-n3c(-c4cccnc4N)nc4ccc(-c5cccc(N6CCS(=O)(=O)CC6)c5)nc43)cc2)CCC1.CC(C)(C)OC(=O)NC1(c2ccc(-n3c(-c4cccnc4N)nc4ccc(Cl)nc43)cc2)CCC1.CC1(C)OB(c2cccc(N3CCS(=O)(=O)CC3)c2)OC1(C)C. The molecule has 6 N–H and O–H groups in total. The van der Waals surface area contributed by atoms with Gasteiger partial charge in [0.05, 0.1) is 62.1 Å². The van der Waals surface area contributed by atoms with E-state index in [1.54, 1.807) is 18.5 Å². The molecule has 0 unspecified atom stereocenters. The third kappa shape index (κ3) is 16.2. The van der Waals surface area contributed by atoms with E-state index in [4.69, 9.17) is 56.8 Å². The van der Waals surface area contributed by atoms with E-state index in [1.807, 2.05) is 212 Å². The topological polar surface area (TPSA) is 309 Å². The number of pyridine rings is 4. The molecule has 2 aliphatic carbocycles. The van der Waals surface area contributed by atoms with Crippen LogP contribution >= 0.6 is 11.6 Å². The van der Waals surface area contributed by atoms with Crippen LogP contribution in [0.4, 0.5) is 32.6 Å². The van der Waals surface area contributed by atoms with Gasteiger partial charge in [0.1, 0.15) is 39.0 Å². The minimum Gasteiger partial charge on any atom is -0.444 e. The van der Waals surface area contributed by atoms with Crippen molar-refractivity contribution in [1.82, 2.24) is 49.7 Å². The monoisotopic (exact) mass is 1490 g/mol. The molecule has 106 heavy (non-hydrogen) atoms. The third-order valence-corrected chi connectivity index (χ3v) is 23.8. The second-order valence-corrected chi connectivity index (χ2v) is 35.7. The van der Waals surface area contributed by atoms with E-state index in [0.29, 0.717) is 88.1 Å². The molecule has 10 aromatic rings. The van der Waals surface area contributed by atoms with Gasteiger partial charge in [0.2, 0.25) is 0 Å². The Morgan fingerprint density at radius 2 is 0.943 bits per heavy atom. The summed E-state index contributed by atoms with van der Waals surface area (Å²) < 4.78 is 74.4. The van der Waals surface area contributed by atoms with Gasteiger partial charge in [-0.15, -0.1) is 0 Å². The summed E-state index contributed by atoms with van der Waals surface area (Å²) in [6, 6.07) is 47.1. The number of nitrogen functional groups attached to an aromatic ring is 2. The van der Waals surface area contributed by atoms with Crippen LogP contribution in [-0.4, -0.2) is 147 Å². The number of aromatic nitrogens is 8. The van der Waals surface area contributed by atoms with Gasteiger partial charge in [-0.2, -0.15) is 0 Å². The molecule has 5 fully saturated rings. The first kappa shape index (κ1) is 74.6. The number of carbonyl (C=O) groups is 2. The molecule has 0 bridgehead atoms. The molecule has 24 nitrogen and oxygen atoms in total. The molecule has 3 aliphatic heterocycles. The minimum absolute atomic E-state index is 0.151. The van der Waals surface area contributed by atoms with E-state index in [2.05, 4.69) is 41.5 Å². The van der Waals surface area contributed by atoms with Crippen molar-refractivity contribution in [3.63, 3.8) is 0 Å². The second kappa shape index (κ2) is 28.9. The van der Waals surface area contributed by atoms with E-state index in [9.17, 15) is 26.4 Å². The van der Waals surface area contributed by atoms with Gasteiger partial charge in [-0.25, -0.2) is 56.3 Å². The van der Waals surface area contributed by atoms with Gasteiger partial charge in [-0.05, 0) is 221 Å². The normalized spacial score (nSPS) is 18.2. The highest BCUT2D eigenvalue weighted by molar-refractivity contribution is 7.91. The third-order valence-electron chi connectivity index (χ3n) is 20.3. The number of nitrogens with zero attached hydrogens (tertiary/aromatic N) is 10. The Balaban J connectivity index is 0.000000150. The van der Waals surface area contributed by atoms with Crippen LogP contribution in [0.5, 0.6) is 0 Å². The summed E-state index contributed by atoms with van der Waals surface area (Å²) in [5, 5.41) is 6.61. The fraction of sp³-hybridized carbons (Fsp3) is 0.385. The molecule has 2 amide bonds. The van der Waals surface area contributed by atoms with Gasteiger partial charge in [0.15, 0.2) is 42.6 Å². The Bertz CT molecular complexity index is 5150. The zero-order valence-corrected chi connectivity index (χ0v) is 63.8. The molecular formula is C78H90BClN14O10S2. The Morgan fingerprint density at radius 3 is 1.37 bits per heavy atom. The van der Waals surface area contributed by atoms with Gasteiger partial charge in [0.25, 0.3) is 0 Å². The van der Waals surface area contributed by atoms with E-state index in [1.165, 1.54) is 0 Å².